The fourth-order valence-corrected chi connectivity index (χ4v) is 3.88. The molecule has 1 aliphatic heterocycles. The summed E-state index contributed by atoms with van der Waals surface area (Å²) >= 11 is 0. The van der Waals surface area contributed by atoms with E-state index >= 15 is 0 Å². The smallest absolute Gasteiger partial charge is 0.191 e. The van der Waals surface area contributed by atoms with Gasteiger partial charge in [-0.2, -0.15) is 5.21 Å². The third kappa shape index (κ3) is 2.72. The summed E-state index contributed by atoms with van der Waals surface area (Å²) in [5, 5.41) is 18.2. The van der Waals surface area contributed by atoms with Crippen LogP contribution in [0.4, 0.5) is 0 Å². The Balaban J connectivity index is 1.67. The Hall–Kier alpha value is -1.01. The maximum Gasteiger partial charge on any atom is 0.191 e. The van der Waals surface area contributed by atoms with Crippen molar-refractivity contribution in [1.82, 2.24) is 30.8 Å². The van der Waals surface area contributed by atoms with Crippen LogP contribution in [-0.4, -0.2) is 50.7 Å². The molecule has 3 atom stereocenters. The summed E-state index contributed by atoms with van der Waals surface area (Å²) in [6.45, 7) is 9.21. The molecule has 2 fully saturated rings. The molecule has 6 nitrogen and oxygen atoms in total. The van der Waals surface area contributed by atoms with Gasteiger partial charge in [0.05, 0.1) is 6.04 Å². The number of piperidine rings is 1. The highest BCUT2D eigenvalue weighted by atomic mass is 15.5. The molecular formula is C14H26N6. The van der Waals surface area contributed by atoms with Crippen molar-refractivity contribution in [2.45, 2.75) is 58.2 Å². The van der Waals surface area contributed by atoms with Gasteiger partial charge in [-0.3, -0.25) is 0 Å². The van der Waals surface area contributed by atoms with Crippen LogP contribution < -0.4 is 5.32 Å². The van der Waals surface area contributed by atoms with Crippen LogP contribution in [-0.2, 0) is 0 Å². The molecule has 1 saturated heterocycles. The van der Waals surface area contributed by atoms with E-state index in [1.807, 2.05) is 0 Å². The minimum atomic E-state index is 0.174. The average Bonchev–Trinajstić information content (AvgIpc) is 2.91. The van der Waals surface area contributed by atoms with E-state index in [-0.39, 0.29) is 6.04 Å². The van der Waals surface area contributed by atoms with Gasteiger partial charge in [-0.25, -0.2) is 0 Å². The number of hydrogen-bond acceptors (Lipinski definition) is 5. The molecule has 2 N–H and O–H groups in total. The molecule has 3 rings (SSSR count). The number of tetrazole rings is 1. The number of rotatable bonds is 4. The Bertz CT molecular complexity index is 403. The lowest BCUT2D eigenvalue weighted by atomic mass is 9.73. The quantitative estimate of drug-likeness (QED) is 0.870. The van der Waals surface area contributed by atoms with Gasteiger partial charge in [0.15, 0.2) is 5.82 Å². The van der Waals surface area contributed by atoms with E-state index in [1.165, 1.54) is 32.4 Å². The predicted molar refractivity (Wildman–Crippen MR) is 77.1 cm³/mol. The van der Waals surface area contributed by atoms with Gasteiger partial charge in [-0.1, -0.05) is 11.6 Å². The fraction of sp³-hybridized carbons (Fsp3) is 0.929. The van der Waals surface area contributed by atoms with Crippen LogP contribution in [0.1, 0.15) is 51.9 Å². The Labute approximate surface area is 120 Å². The zero-order valence-corrected chi connectivity index (χ0v) is 12.7. The van der Waals surface area contributed by atoms with Crippen LogP contribution in [0.25, 0.3) is 0 Å². The first kappa shape index (κ1) is 13.9. The molecular weight excluding hydrogens is 252 g/mol. The molecule has 20 heavy (non-hydrogen) atoms. The van der Waals surface area contributed by atoms with Gasteiger partial charge in [0.2, 0.25) is 0 Å². The lowest BCUT2D eigenvalue weighted by Gasteiger charge is -2.49. The molecule has 1 aliphatic carbocycles. The predicted octanol–water partition coefficient (Wildman–Crippen LogP) is 1.36. The fourth-order valence-electron chi connectivity index (χ4n) is 3.88. The summed E-state index contributed by atoms with van der Waals surface area (Å²) in [6.07, 6.45) is 4.07. The maximum atomic E-state index is 4.10. The van der Waals surface area contributed by atoms with Crippen molar-refractivity contribution >= 4 is 0 Å². The topological polar surface area (TPSA) is 69.7 Å². The largest absolute Gasteiger partial charge is 0.304 e. The SMILES string of the molecule is CC(NC1C2CCCC1CN(C(C)C)C2)c1nn[nH]n1. The first-order chi connectivity index (χ1) is 9.65. The summed E-state index contributed by atoms with van der Waals surface area (Å²) in [5.41, 5.74) is 0. The summed E-state index contributed by atoms with van der Waals surface area (Å²) < 4.78 is 0. The van der Waals surface area contributed by atoms with E-state index < -0.39 is 0 Å². The van der Waals surface area contributed by atoms with E-state index in [1.54, 1.807) is 0 Å². The highest BCUT2D eigenvalue weighted by Gasteiger charge is 2.40. The molecule has 0 amide bonds. The van der Waals surface area contributed by atoms with Crippen molar-refractivity contribution in [3.8, 4) is 0 Å². The number of nitrogens with zero attached hydrogens (tertiary/aromatic N) is 4. The summed E-state index contributed by atoms with van der Waals surface area (Å²) in [6, 6.07) is 1.44. The monoisotopic (exact) mass is 278 g/mol. The van der Waals surface area contributed by atoms with Crippen molar-refractivity contribution < 1.29 is 0 Å². The second kappa shape index (κ2) is 5.77. The van der Waals surface area contributed by atoms with Gasteiger partial charge < -0.3 is 10.2 Å². The molecule has 6 heteroatoms. The number of nitrogens with one attached hydrogen (secondary N) is 2. The number of fused-ring (bicyclic) bond motifs is 2. The Morgan fingerprint density at radius 3 is 2.45 bits per heavy atom. The lowest BCUT2D eigenvalue weighted by Crippen LogP contribution is -2.58. The molecule has 2 bridgehead atoms. The second-order valence-electron chi connectivity index (χ2n) is 6.68. The first-order valence-electron chi connectivity index (χ1n) is 7.88. The number of H-pyrrole nitrogens is 1. The summed E-state index contributed by atoms with van der Waals surface area (Å²) in [7, 11) is 0. The van der Waals surface area contributed by atoms with Crippen LogP contribution in [0.15, 0.2) is 0 Å². The lowest BCUT2D eigenvalue weighted by molar-refractivity contribution is 0.0253. The van der Waals surface area contributed by atoms with Crippen molar-refractivity contribution in [2.75, 3.05) is 13.1 Å². The molecule has 1 aromatic rings. The van der Waals surface area contributed by atoms with Crippen molar-refractivity contribution in [1.29, 1.82) is 0 Å². The molecule has 3 unspecified atom stereocenters. The molecule has 2 heterocycles. The Kier molecular flexibility index (Phi) is 4.03. The van der Waals surface area contributed by atoms with Crippen LogP contribution in [0.2, 0.25) is 0 Å². The highest BCUT2D eigenvalue weighted by Crippen LogP contribution is 2.36. The molecule has 2 aliphatic rings. The van der Waals surface area contributed by atoms with Crippen LogP contribution in [0.3, 0.4) is 0 Å². The van der Waals surface area contributed by atoms with E-state index in [0.29, 0.717) is 12.1 Å². The number of likely N-dealkylation sites (tertiary alicyclic amines) is 1. The van der Waals surface area contributed by atoms with Gasteiger partial charge in [0, 0.05) is 25.2 Å². The number of hydrogen-bond donors (Lipinski definition) is 2. The zero-order chi connectivity index (χ0) is 14.1. The van der Waals surface area contributed by atoms with Gasteiger partial charge >= 0.3 is 0 Å². The van der Waals surface area contributed by atoms with Gasteiger partial charge in [0.1, 0.15) is 0 Å². The average molecular weight is 278 g/mol. The third-order valence-corrected chi connectivity index (χ3v) is 5.03. The standard InChI is InChI=1S/C14H26N6/c1-9(2)20-7-11-5-4-6-12(8-20)13(11)15-10(3)14-16-18-19-17-14/h9-13,15H,4-8H2,1-3H3,(H,16,17,18,19). The minimum Gasteiger partial charge on any atom is -0.304 e. The minimum absolute atomic E-state index is 0.174. The number of aromatic amines is 1. The normalized spacial score (nSPS) is 32.5. The molecule has 0 spiro atoms. The summed E-state index contributed by atoms with van der Waals surface area (Å²) in [5.74, 6) is 2.30. The van der Waals surface area contributed by atoms with E-state index in [2.05, 4.69) is 51.6 Å². The van der Waals surface area contributed by atoms with Gasteiger partial charge in [-0.05, 0) is 45.4 Å². The Morgan fingerprint density at radius 1 is 1.20 bits per heavy atom. The van der Waals surface area contributed by atoms with Gasteiger partial charge in [-0.15, -0.1) is 10.2 Å². The second-order valence-corrected chi connectivity index (χ2v) is 6.68. The van der Waals surface area contributed by atoms with Crippen molar-refractivity contribution in [2.24, 2.45) is 11.8 Å². The van der Waals surface area contributed by atoms with E-state index in [0.717, 1.165) is 17.7 Å². The number of aromatic nitrogens is 4. The molecule has 1 aromatic heterocycles. The molecule has 0 radical (unpaired) electrons. The Morgan fingerprint density at radius 2 is 1.90 bits per heavy atom. The third-order valence-electron chi connectivity index (χ3n) is 5.03. The zero-order valence-electron chi connectivity index (χ0n) is 12.7. The molecule has 112 valence electrons. The van der Waals surface area contributed by atoms with Gasteiger partial charge in [0.25, 0.3) is 0 Å². The van der Waals surface area contributed by atoms with Crippen molar-refractivity contribution in [3.63, 3.8) is 0 Å². The first-order valence-corrected chi connectivity index (χ1v) is 7.88. The summed E-state index contributed by atoms with van der Waals surface area (Å²) in [4.78, 5) is 2.64. The van der Waals surface area contributed by atoms with E-state index in [9.17, 15) is 0 Å². The van der Waals surface area contributed by atoms with Crippen LogP contribution in [0.5, 0.6) is 0 Å². The van der Waals surface area contributed by atoms with Crippen LogP contribution >= 0.6 is 0 Å². The molecule has 0 aromatic carbocycles. The van der Waals surface area contributed by atoms with E-state index in [4.69, 9.17) is 0 Å². The van der Waals surface area contributed by atoms with Crippen molar-refractivity contribution in [3.05, 3.63) is 5.82 Å². The molecule has 1 saturated carbocycles. The highest BCUT2D eigenvalue weighted by molar-refractivity contribution is 4.98. The maximum absolute atomic E-state index is 4.10. The van der Waals surface area contributed by atoms with Crippen LogP contribution in [0, 0.1) is 11.8 Å².